The summed E-state index contributed by atoms with van der Waals surface area (Å²) in [7, 11) is 0. The molecule has 1 N–H and O–H groups in total. The topological polar surface area (TPSA) is 47.9 Å². The number of carbonyl (C=O) groups excluding carboxylic acids is 1. The van der Waals surface area contributed by atoms with Crippen molar-refractivity contribution in [2.24, 2.45) is 4.99 Å². The molecule has 0 radical (unpaired) electrons. The summed E-state index contributed by atoms with van der Waals surface area (Å²) in [6, 6.07) is 20.6. The molecule has 0 bridgehead atoms. The van der Waals surface area contributed by atoms with E-state index in [0.717, 1.165) is 49.6 Å². The average molecular weight is 441 g/mol. The highest BCUT2D eigenvalue weighted by molar-refractivity contribution is 6.11. The van der Waals surface area contributed by atoms with Crippen molar-refractivity contribution in [1.29, 1.82) is 0 Å². The van der Waals surface area contributed by atoms with Crippen molar-refractivity contribution in [3.63, 3.8) is 0 Å². The first-order valence-electron chi connectivity index (χ1n) is 11.6. The standard InChI is InChI=1S/C28H32N4O/c1-3-5-16-25(4-2)32-27(33)30-26(29-21-23-12-8-6-9-13-23)28(32)17-19-31(20-18-28)22-24-14-10-7-11-15-24/h3-16H,2,17-22H2,1H3,(H,29,30,33)/b5-3-,25-16+. The number of amidine groups is 1. The van der Waals surface area contributed by atoms with Crippen molar-refractivity contribution in [2.45, 2.75) is 38.4 Å². The largest absolute Gasteiger partial charge is 0.328 e. The van der Waals surface area contributed by atoms with Gasteiger partial charge >= 0.3 is 6.03 Å². The van der Waals surface area contributed by atoms with Crippen LogP contribution in [0.5, 0.6) is 0 Å². The van der Waals surface area contributed by atoms with E-state index in [0.29, 0.717) is 6.54 Å². The van der Waals surface area contributed by atoms with E-state index in [9.17, 15) is 4.79 Å². The van der Waals surface area contributed by atoms with Crippen molar-refractivity contribution in [2.75, 3.05) is 13.1 Å². The Hall–Kier alpha value is -3.44. The Morgan fingerprint density at radius 3 is 2.30 bits per heavy atom. The van der Waals surface area contributed by atoms with E-state index in [2.05, 4.69) is 53.2 Å². The van der Waals surface area contributed by atoms with E-state index in [1.807, 2.05) is 54.3 Å². The summed E-state index contributed by atoms with van der Waals surface area (Å²) < 4.78 is 0. The number of piperidine rings is 1. The van der Waals surface area contributed by atoms with Gasteiger partial charge in [-0.25, -0.2) is 4.79 Å². The molecular weight excluding hydrogens is 408 g/mol. The Balaban J connectivity index is 1.62. The van der Waals surface area contributed by atoms with Crippen LogP contribution in [0.3, 0.4) is 0 Å². The number of aliphatic imine (C=N–C) groups is 1. The number of hydrogen-bond donors (Lipinski definition) is 1. The lowest BCUT2D eigenvalue weighted by atomic mass is 9.84. The van der Waals surface area contributed by atoms with Gasteiger partial charge in [-0.3, -0.25) is 20.1 Å². The monoisotopic (exact) mass is 440 g/mol. The zero-order valence-electron chi connectivity index (χ0n) is 19.3. The Morgan fingerprint density at radius 1 is 1.06 bits per heavy atom. The van der Waals surface area contributed by atoms with E-state index in [4.69, 9.17) is 4.99 Å². The summed E-state index contributed by atoms with van der Waals surface area (Å²) in [6.07, 6.45) is 9.24. The third kappa shape index (κ3) is 4.99. The summed E-state index contributed by atoms with van der Waals surface area (Å²) in [4.78, 5) is 22.5. The maximum atomic E-state index is 13.2. The molecule has 0 atom stereocenters. The molecule has 2 aromatic carbocycles. The number of rotatable bonds is 7. The van der Waals surface area contributed by atoms with Crippen LogP contribution in [0.25, 0.3) is 0 Å². The van der Waals surface area contributed by atoms with Crippen LogP contribution in [-0.4, -0.2) is 40.3 Å². The maximum absolute atomic E-state index is 13.2. The predicted molar refractivity (Wildman–Crippen MR) is 135 cm³/mol. The minimum atomic E-state index is -0.485. The summed E-state index contributed by atoms with van der Waals surface area (Å²) >= 11 is 0. The molecule has 0 aliphatic carbocycles. The van der Waals surface area contributed by atoms with Crippen LogP contribution in [0.15, 0.2) is 102 Å². The van der Waals surface area contributed by atoms with Crippen LogP contribution in [0.4, 0.5) is 4.79 Å². The minimum absolute atomic E-state index is 0.131. The molecule has 2 amide bonds. The Kier molecular flexibility index (Phi) is 7.20. The normalized spacial score (nSPS) is 20.0. The number of hydrogen-bond acceptors (Lipinski definition) is 3. The summed E-state index contributed by atoms with van der Waals surface area (Å²) in [5.74, 6) is 0.768. The zero-order chi connectivity index (χ0) is 23.1. The van der Waals surface area contributed by atoms with Gasteiger partial charge < -0.3 is 0 Å². The van der Waals surface area contributed by atoms with E-state index in [1.165, 1.54) is 5.56 Å². The van der Waals surface area contributed by atoms with Crippen LogP contribution in [-0.2, 0) is 13.1 Å². The molecule has 2 aliphatic rings. The molecular formula is C28H32N4O. The molecule has 170 valence electrons. The highest BCUT2D eigenvalue weighted by Crippen LogP contribution is 2.37. The number of likely N-dealkylation sites (tertiary alicyclic amines) is 1. The van der Waals surface area contributed by atoms with Crippen molar-refractivity contribution >= 4 is 11.9 Å². The average Bonchev–Trinajstić information content (AvgIpc) is 3.12. The van der Waals surface area contributed by atoms with Gasteiger partial charge in [0.1, 0.15) is 11.4 Å². The van der Waals surface area contributed by atoms with E-state index in [1.54, 1.807) is 6.08 Å². The highest BCUT2D eigenvalue weighted by Gasteiger charge is 2.53. The van der Waals surface area contributed by atoms with Gasteiger partial charge in [0, 0.05) is 25.3 Å². The number of allylic oxidation sites excluding steroid dienone is 4. The molecule has 2 fully saturated rings. The van der Waals surface area contributed by atoms with Crippen LogP contribution in [0.1, 0.15) is 30.9 Å². The number of nitrogens with zero attached hydrogens (tertiary/aromatic N) is 3. The van der Waals surface area contributed by atoms with Crippen LogP contribution in [0, 0.1) is 0 Å². The molecule has 0 saturated carbocycles. The fraction of sp³-hybridized carbons (Fsp3) is 0.286. The molecule has 2 aromatic rings. The zero-order valence-corrected chi connectivity index (χ0v) is 19.3. The third-order valence-electron chi connectivity index (χ3n) is 6.42. The Labute approximate surface area is 196 Å². The lowest BCUT2D eigenvalue weighted by Gasteiger charge is -2.44. The maximum Gasteiger partial charge on any atom is 0.328 e. The summed E-state index contributed by atoms with van der Waals surface area (Å²) in [5.41, 5.74) is 2.75. The van der Waals surface area contributed by atoms with Gasteiger partial charge in [-0.1, -0.05) is 79.4 Å². The van der Waals surface area contributed by atoms with Gasteiger partial charge in [0.05, 0.1) is 6.54 Å². The molecule has 5 nitrogen and oxygen atoms in total. The van der Waals surface area contributed by atoms with E-state index >= 15 is 0 Å². The summed E-state index contributed by atoms with van der Waals surface area (Å²) in [6.45, 7) is 9.18. The van der Waals surface area contributed by atoms with E-state index < -0.39 is 5.54 Å². The third-order valence-corrected chi connectivity index (χ3v) is 6.42. The first-order chi connectivity index (χ1) is 16.2. The summed E-state index contributed by atoms with van der Waals surface area (Å²) in [5, 5.41) is 3.10. The molecule has 0 aromatic heterocycles. The van der Waals surface area contributed by atoms with Crippen LogP contribution < -0.4 is 5.32 Å². The Bertz CT molecular complexity index is 1050. The van der Waals surface area contributed by atoms with Crippen LogP contribution >= 0.6 is 0 Å². The highest BCUT2D eigenvalue weighted by atomic mass is 16.2. The van der Waals surface area contributed by atoms with Gasteiger partial charge in [-0.2, -0.15) is 0 Å². The predicted octanol–water partition coefficient (Wildman–Crippen LogP) is 5.29. The number of amides is 2. The molecule has 0 unspecified atom stereocenters. The minimum Gasteiger partial charge on any atom is -0.299 e. The number of nitrogens with one attached hydrogen (secondary N) is 1. The van der Waals surface area contributed by atoms with Crippen molar-refractivity contribution in [3.8, 4) is 0 Å². The molecule has 2 aliphatic heterocycles. The van der Waals surface area contributed by atoms with E-state index in [-0.39, 0.29) is 6.03 Å². The number of urea groups is 1. The lowest BCUT2D eigenvalue weighted by Crippen LogP contribution is -2.55. The fourth-order valence-electron chi connectivity index (χ4n) is 4.69. The second-order valence-corrected chi connectivity index (χ2v) is 8.53. The van der Waals surface area contributed by atoms with Gasteiger partial charge in [0.2, 0.25) is 0 Å². The first-order valence-corrected chi connectivity index (χ1v) is 11.6. The van der Waals surface area contributed by atoms with Crippen molar-refractivity contribution in [1.82, 2.24) is 15.1 Å². The second-order valence-electron chi connectivity index (χ2n) is 8.53. The first kappa shape index (κ1) is 22.7. The molecule has 5 heteroatoms. The van der Waals surface area contributed by atoms with Gasteiger partial charge in [-0.05, 0) is 43.0 Å². The quantitative estimate of drug-likeness (QED) is 0.595. The smallest absolute Gasteiger partial charge is 0.299 e. The molecule has 1 spiro atoms. The lowest BCUT2D eigenvalue weighted by molar-refractivity contribution is 0.119. The SMILES string of the molecule is C=C/C(=C\C=C/C)N1C(=O)NC(=NCc2ccccc2)C12CCN(Cc1ccccc1)CC2. The molecule has 2 heterocycles. The van der Waals surface area contributed by atoms with Gasteiger partial charge in [0.15, 0.2) is 0 Å². The van der Waals surface area contributed by atoms with Crippen LogP contribution in [0.2, 0.25) is 0 Å². The van der Waals surface area contributed by atoms with Crippen molar-refractivity contribution in [3.05, 3.63) is 108 Å². The molecule has 33 heavy (non-hydrogen) atoms. The van der Waals surface area contributed by atoms with Gasteiger partial charge in [0.25, 0.3) is 0 Å². The number of benzene rings is 2. The second kappa shape index (κ2) is 10.5. The fourth-order valence-corrected chi connectivity index (χ4v) is 4.69. The van der Waals surface area contributed by atoms with Crippen molar-refractivity contribution < 1.29 is 4.79 Å². The Morgan fingerprint density at radius 2 is 1.70 bits per heavy atom. The number of carbonyl (C=O) groups is 1. The molecule has 4 rings (SSSR count). The molecule has 2 saturated heterocycles. The van der Waals surface area contributed by atoms with Gasteiger partial charge in [-0.15, -0.1) is 0 Å².